The lowest BCUT2D eigenvalue weighted by Gasteiger charge is -2.15. The van der Waals surface area contributed by atoms with Crippen molar-refractivity contribution in [3.63, 3.8) is 0 Å². The third-order valence-electron chi connectivity index (χ3n) is 4.45. The minimum absolute atomic E-state index is 0.0647. The molecule has 0 radical (unpaired) electrons. The van der Waals surface area contributed by atoms with Crippen molar-refractivity contribution in [1.29, 1.82) is 0 Å². The van der Waals surface area contributed by atoms with E-state index in [-0.39, 0.29) is 17.6 Å². The lowest BCUT2D eigenvalue weighted by Crippen LogP contribution is -2.26. The zero-order chi connectivity index (χ0) is 20.8. The van der Waals surface area contributed by atoms with Crippen molar-refractivity contribution in [3.05, 3.63) is 71.3 Å². The van der Waals surface area contributed by atoms with Crippen LogP contribution in [0.25, 0.3) is 6.08 Å². The van der Waals surface area contributed by atoms with Gasteiger partial charge in [-0.25, -0.2) is 0 Å². The second-order valence-electron chi connectivity index (χ2n) is 6.92. The maximum absolute atomic E-state index is 12.3. The van der Waals surface area contributed by atoms with E-state index in [0.717, 1.165) is 18.4 Å². The Kier molecular flexibility index (Phi) is 6.59. The first kappa shape index (κ1) is 20.5. The van der Waals surface area contributed by atoms with Crippen molar-refractivity contribution < 1.29 is 23.1 Å². The van der Waals surface area contributed by atoms with Crippen LogP contribution < -0.4 is 10.1 Å². The first-order valence-electron chi connectivity index (χ1n) is 9.28. The number of likely N-dealkylation sites (N-methyl/N-ethyl adjacent to an activating group) is 1. The third-order valence-corrected chi connectivity index (χ3v) is 4.45. The average Bonchev–Trinajstić information content (AvgIpc) is 3.51. The molecule has 1 aliphatic rings. The molecule has 1 aliphatic carbocycles. The van der Waals surface area contributed by atoms with E-state index in [1.165, 1.54) is 18.2 Å². The number of alkyl halides is 2. The average molecular weight is 400 g/mol. The Hall–Kier alpha value is -3.22. The molecule has 29 heavy (non-hydrogen) atoms. The number of halogens is 2. The minimum Gasteiger partial charge on any atom is -0.435 e. The van der Waals surface area contributed by atoms with E-state index in [4.69, 9.17) is 0 Å². The molecule has 0 spiro atoms. The summed E-state index contributed by atoms with van der Waals surface area (Å²) in [5.41, 5.74) is 2.21. The van der Waals surface area contributed by atoms with Gasteiger partial charge < -0.3 is 15.0 Å². The highest BCUT2D eigenvalue weighted by molar-refractivity contribution is 5.94. The van der Waals surface area contributed by atoms with Gasteiger partial charge in [0.1, 0.15) is 5.75 Å². The molecule has 152 valence electrons. The standard InChI is InChI=1S/C22H22F2N2O3/c1-26(14-16-2-7-17(8-3-16)21(28)25-18-9-10-18)20(27)13-6-15-4-11-19(12-5-15)29-22(23)24/h2-8,11-13,18,22H,9-10,14H2,1H3,(H,25,28)/b13-6+. The van der Waals surface area contributed by atoms with Crippen molar-refractivity contribution in [2.75, 3.05) is 7.05 Å². The smallest absolute Gasteiger partial charge is 0.387 e. The van der Waals surface area contributed by atoms with Gasteiger partial charge in [-0.15, -0.1) is 0 Å². The highest BCUT2D eigenvalue weighted by Crippen LogP contribution is 2.19. The molecule has 0 aromatic heterocycles. The Labute approximate surface area is 168 Å². The molecule has 2 amide bonds. The van der Waals surface area contributed by atoms with Gasteiger partial charge in [0.2, 0.25) is 5.91 Å². The first-order chi connectivity index (χ1) is 13.9. The van der Waals surface area contributed by atoms with Crippen LogP contribution in [0.5, 0.6) is 5.75 Å². The fourth-order valence-electron chi connectivity index (χ4n) is 2.66. The van der Waals surface area contributed by atoms with Crippen LogP contribution in [0.4, 0.5) is 8.78 Å². The summed E-state index contributed by atoms with van der Waals surface area (Å²) in [7, 11) is 1.68. The summed E-state index contributed by atoms with van der Waals surface area (Å²) in [4.78, 5) is 25.8. The molecular weight excluding hydrogens is 378 g/mol. The Morgan fingerprint density at radius 3 is 2.38 bits per heavy atom. The zero-order valence-electron chi connectivity index (χ0n) is 16.0. The van der Waals surface area contributed by atoms with Crippen molar-refractivity contribution in [3.8, 4) is 5.75 Å². The summed E-state index contributed by atoms with van der Waals surface area (Å²) in [5.74, 6) is -0.209. The SMILES string of the molecule is CN(Cc1ccc(C(=O)NC2CC2)cc1)C(=O)/C=C/c1ccc(OC(F)F)cc1. The van der Waals surface area contributed by atoms with Crippen LogP contribution in [0, 0.1) is 0 Å². The molecule has 0 atom stereocenters. The molecule has 7 heteroatoms. The van der Waals surface area contributed by atoms with E-state index in [1.807, 2.05) is 12.1 Å². The fraction of sp³-hybridized carbons (Fsp3) is 0.273. The summed E-state index contributed by atoms with van der Waals surface area (Å²) in [6.07, 6.45) is 5.10. The van der Waals surface area contributed by atoms with Gasteiger partial charge in [-0.3, -0.25) is 9.59 Å². The van der Waals surface area contributed by atoms with E-state index in [2.05, 4.69) is 10.1 Å². The van der Waals surface area contributed by atoms with Crippen LogP contribution in [-0.4, -0.2) is 36.4 Å². The van der Waals surface area contributed by atoms with E-state index in [9.17, 15) is 18.4 Å². The van der Waals surface area contributed by atoms with Gasteiger partial charge in [0, 0.05) is 31.3 Å². The summed E-state index contributed by atoms with van der Waals surface area (Å²) in [6.45, 7) is -2.47. The number of hydrogen-bond donors (Lipinski definition) is 1. The van der Waals surface area contributed by atoms with E-state index in [0.29, 0.717) is 23.7 Å². The molecule has 3 rings (SSSR count). The zero-order valence-corrected chi connectivity index (χ0v) is 16.0. The quantitative estimate of drug-likeness (QED) is 0.685. The van der Waals surface area contributed by atoms with E-state index < -0.39 is 6.61 Å². The second kappa shape index (κ2) is 9.32. The number of benzene rings is 2. The van der Waals surface area contributed by atoms with Gasteiger partial charge in [0.15, 0.2) is 0 Å². The summed E-state index contributed by atoms with van der Waals surface area (Å²) in [5, 5.41) is 2.94. The van der Waals surface area contributed by atoms with Gasteiger partial charge in [-0.05, 0) is 54.3 Å². The van der Waals surface area contributed by atoms with Gasteiger partial charge >= 0.3 is 6.61 Å². The van der Waals surface area contributed by atoms with Gasteiger partial charge in [0.05, 0.1) is 0 Å². The number of nitrogens with zero attached hydrogens (tertiary/aromatic N) is 1. The highest BCUT2D eigenvalue weighted by Gasteiger charge is 2.23. The maximum Gasteiger partial charge on any atom is 0.387 e. The molecule has 5 nitrogen and oxygen atoms in total. The lowest BCUT2D eigenvalue weighted by molar-refractivity contribution is -0.125. The monoisotopic (exact) mass is 400 g/mol. The Bertz CT molecular complexity index is 876. The normalized spacial score (nSPS) is 13.5. The lowest BCUT2D eigenvalue weighted by atomic mass is 10.1. The first-order valence-corrected chi connectivity index (χ1v) is 9.28. The van der Waals surface area contributed by atoms with Crippen molar-refractivity contribution in [2.24, 2.45) is 0 Å². The molecule has 1 fully saturated rings. The predicted octanol–water partition coefficient (Wildman–Crippen LogP) is 3.85. The second-order valence-corrected chi connectivity index (χ2v) is 6.92. The molecule has 2 aromatic carbocycles. The molecule has 2 aromatic rings. The molecule has 0 bridgehead atoms. The maximum atomic E-state index is 12.3. The fourth-order valence-corrected chi connectivity index (χ4v) is 2.66. The van der Waals surface area contributed by atoms with Gasteiger partial charge in [0.25, 0.3) is 5.91 Å². The Morgan fingerprint density at radius 1 is 1.14 bits per heavy atom. The molecule has 0 saturated heterocycles. The van der Waals surface area contributed by atoms with Crippen molar-refractivity contribution in [2.45, 2.75) is 32.0 Å². The predicted molar refractivity (Wildman–Crippen MR) is 106 cm³/mol. The van der Waals surface area contributed by atoms with Crippen molar-refractivity contribution >= 4 is 17.9 Å². The largest absolute Gasteiger partial charge is 0.435 e. The Morgan fingerprint density at radius 2 is 1.79 bits per heavy atom. The van der Waals surface area contributed by atoms with Crippen LogP contribution in [0.15, 0.2) is 54.6 Å². The molecular formula is C22H22F2N2O3. The number of nitrogens with one attached hydrogen (secondary N) is 1. The summed E-state index contributed by atoms with van der Waals surface area (Å²) < 4.78 is 28.6. The van der Waals surface area contributed by atoms with Crippen LogP contribution in [0.1, 0.15) is 34.3 Å². The number of ether oxygens (including phenoxy) is 1. The molecule has 0 aliphatic heterocycles. The molecule has 0 unspecified atom stereocenters. The number of hydrogen-bond acceptors (Lipinski definition) is 3. The Balaban J connectivity index is 1.51. The van der Waals surface area contributed by atoms with E-state index >= 15 is 0 Å². The van der Waals surface area contributed by atoms with Gasteiger partial charge in [-0.1, -0.05) is 24.3 Å². The third kappa shape index (κ3) is 6.41. The molecule has 1 N–H and O–H groups in total. The van der Waals surface area contributed by atoms with Crippen LogP contribution >= 0.6 is 0 Å². The van der Waals surface area contributed by atoms with Crippen LogP contribution in [0.2, 0.25) is 0 Å². The summed E-state index contributed by atoms with van der Waals surface area (Å²) >= 11 is 0. The van der Waals surface area contributed by atoms with Gasteiger partial charge in [-0.2, -0.15) is 8.78 Å². The molecule has 0 heterocycles. The van der Waals surface area contributed by atoms with E-state index in [1.54, 1.807) is 42.3 Å². The highest BCUT2D eigenvalue weighted by atomic mass is 19.3. The minimum atomic E-state index is -2.87. The topological polar surface area (TPSA) is 58.6 Å². The number of amides is 2. The number of rotatable bonds is 8. The van der Waals surface area contributed by atoms with Crippen molar-refractivity contribution in [1.82, 2.24) is 10.2 Å². The number of carbonyl (C=O) groups excluding carboxylic acids is 2. The van der Waals surface area contributed by atoms with Crippen LogP contribution in [0.3, 0.4) is 0 Å². The number of carbonyl (C=O) groups is 2. The molecule has 1 saturated carbocycles. The summed E-state index contributed by atoms with van der Waals surface area (Å²) in [6, 6.07) is 13.5. The van der Waals surface area contributed by atoms with Crippen LogP contribution in [-0.2, 0) is 11.3 Å².